The molecule has 0 amide bonds. The Morgan fingerprint density at radius 1 is 1.32 bits per heavy atom. The molecular weight excluding hydrogens is 250 g/mol. The summed E-state index contributed by atoms with van der Waals surface area (Å²) in [5, 5.41) is 11.2. The first kappa shape index (κ1) is 13.1. The number of nitro groups is 1. The zero-order chi connectivity index (χ0) is 14.2. The van der Waals surface area contributed by atoms with Crippen molar-refractivity contribution in [1.82, 2.24) is 0 Å². The van der Waals surface area contributed by atoms with Gasteiger partial charge in [-0.25, -0.2) is 4.79 Å². The van der Waals surface area contributed by atoms with E-state index in [1.165, 1.54) is 24.3 Å². The van der Waals surface area contributed by atoms with Crippen LogP contribution in [-0.2, 0) is 4.74 Å². The minimum Gasteiger partial charge on any atom is -0.454 e. The molecule has 100 valence electrons. The van der Waals surface area contributed by atoms with Crippen LogP contribution in [0.15, 0.2) is 28.7 Å². The zero-order valence-corrected chi connectivity index (χ0v) is 10.8. The number of rotatable bonds is 2. The molecule has 6 nitrogen and oxygen atoms in total. The van der Waals surface area contributed by atoms with E-state index in [9.17, 15) is 14.9 Å². The van der Waals surface area contributed by atoms with Gasteiger partial charge in [-0.3, -0.25) is 10.1 Å². The van der Waals surface area contributed by atoms with Crippen molar-refractivity contribution in [2.45, 2.75) is 26.4 Å². The van der Waals surface area contributed by atoms with Crippen LogP contribution in [0.3, 0.4) is 0 Å². The molecule has 0 saturated carbocycles. The number of non-ortho nitro benzene ring substituents is 1. The standard InChI is InChI=1S/C13H13NO5/c1-13(2,3)19-12(15)11-7-8-6-9(14(16)17)4-5-10(8)18-11/h4-7H,1-3H3. The summed E-state index contributed by atoms with van der Waals surface area (Å²) in [6.45, 7) is 5.25. The number of carbonyl (C=O) groups excluding carboxylic acids is 1. The van der Waals surface area contributed by atoms with Crippen LogP contribution >= 0.6 is 0 Å². The average molecular weight is 263 g/mol. The molecule has 2 aromatic rings. The van der Waals surface area contributed by atoms with Gasteiger partial charge in [-0.2, -0.15) is 0 Å². The molecule has 1 heterocycles. The van der Waals surface area contributed by atoms with E-state index in [4.69, 9.17) is 9.15 Å². The van der Waals surface area contributed by atoms with Crippen LogP contribution in [0, 0.1) is 10.1 Å². The lowest BCUT2D eigenvalue weighted by Gasteiger charge is -2.18. The number of carbonyl (C=O) groups is 1. The van der Waals surface area contributed by atoms with Gasteiger partial charge in [0, 0.05) is 17.5 Å². The van der Waals surface area contributed by atoms with E-state index in [2.05, 4.69) is 0 Å². The molecular formula is C13H13NO5. The Morgan fingerprint density at radius 2 is 2.00 bits per heavy atom. The van der Waals surface area contributed by atoms with E-state index in [0.717, 1.165) is 0 Å². The lowest BCUT2D eigenvalue weighted by molar-refractivity contribution is -0.384. The van der Waals surface area contributed by atoms with Crippen molar-refractivity contribution in [3.05, 3.63) is 40.1 Å². The summed E-state index contributed by atoms with van der Waals surface area (Å²) in [4.78, 5) is 22.0. The van der Waals surface area contributed by atoms with E-state index in [-0.39, 0.29) is 11.4 Å². The van der Waals surface area contributed by atoms with E-state index < -0.39 is 16.5 Å². The van der Waals surface area contributed by atoms with Gasteiger partial charge in [-0.05, 0) is 32.9 Å². The van der Waals surface area contributed by atoms with E-state index >= 15 is 0 Å². The molecule has 1 aromatic carbocycles. The highest BCUT2D eigenvalue weighted by molar-refractivity contribution is 5.93. The summed E-state index contributed by atoms with van der Waals surface area (Å²) in [7, 11) is 0. The minimum absolute atomic E-state index is 0.0328. The fourth-order valence-electron chi connectivity index (χ4n) is 1.57. The molecule has 19 heavy (non-hydrogen) atoms. The topological polar surface area (TPSA) is 82.6 Å². The van der Waals surface area contributed by atoms with E-state index in [1.807, 2.05) is 0 Å². The predicted octanol–water partition coefficient (Wildman–Crippen LogP) is 3.30. The van der Waals surface area contributed by atoms with Crippen molar-refractivity contribution >= 4 is 22.6 Å². The molecule has 0 aliphatic heterocycles. The Labute approximate surface area is 109 Å². The van der Waals surface area contributed by atoms with Crippen LogP contribution in [0.1, 0.15) is 31.3 Å². The highest BCUT2D eigenvalue weighted by atomic mass is 16.6. The number of nitro benzene ring substituents is 1. The highest BCUT2D eigenvalue weighted by Gasteiger charge is 2.21. The van der Waals surface area contributed by atoms with Crippen molar-refractivity contribution in [1.29, 1.82) is 0 Å². The SMILES string of the molecule is CC(C)(C)OC(=O)c1cc2cc([N+](=O)[O-])ccc2o1. The van der Waals surface area contributed by atoms with Crippen LogP contribution in [-0.4, -0.2) is 16.5 Å². The summed E-state index contributed by atoms with van der Waals surface area (Å²) in [5.41, 5.74) is -0.266. The smallest absolute Gasteiger partial charge is 0.374 e. The Kier molecular flexibility index (Phi) is 3.01. The summed E-state index contributed by atoms with van der Waals surface area (Å²) in [5.74, 6) is -0.559. The van der Waals surface area contributed by atoms with Crippen LogP contribution in [0.5, 0.6) is 0 Å². The fourth-order valence-corrected chi connectivity index (χ4v) is 1.57. The maximum absolute atomic E-state index is 11.8. The van der Waals surface area contributed by atoms with Gasteiger partial charge in [0.2, 0.25) is 5.76 Å². The van der Waals surface area contributed by atoms with Crippen molar-refractivity contribution < 1.29 is 18.9 Å². The van der Waals surface area contributed by atoms with Gasteiger partial charge in [-0.15, -0.1) is 0 Å². The van der Waals surface area contributed by atoms with Gasteiger partial charge in [-0.1, -0.05) is 0 Å². The largest absolute Gasteiger partial charge is 0.454 e. The first-order valence-electron chi connectivity index (χ1n) is 5.67. The van der Waals surface area contributed by atoms with Crippen molar-refractivity contribution in [2.75, 3.05) is 0 Å². The maximum atomic E-state index is 11.8. The third kappa shape index (κ3) is 2.90. The number of ether oxygens (including phenoxy) is 1. The highest BCUT2D eigenvalue weighted by Crippen LogP contribution is 2.25. The second kappa shape index (κ2) is 4.38. The second-order valence-corrected chi connectivity index (χ2v) is 5.09. The zero-order valence-electron chi connectivity index (χ0n) is 10.8. The molecule has 0 fully saturated rings. The third-order valence-electron chi connectivity index (χ3n) is 2.31. The van der Waals surface area contributed by atoms with Gasteiger partial charge in [0.25, 0.3) is 5.69 Å². The Bertz CT molecular complexity index is 651. The molecule has 0 spiro atoms. The van der Waals surface area contributed by atoms with Gasteiger partial charge in [0.1, 0.15) is 11.2 Å². The molecule has 0 unspecified atom stereocenters. The van der Waals surface area contributed by atoms with Crippen LogP contribution < -0.4 is 0 Å². The molecule has 6 heteroatoms. The Hall–Kier alpha value is -2.37. The summed E-state index contributed by atoms with van der Waals surface area (Å²) < 4.78 is 10.5. The number of hydrogen-bond donors (Lipinski definition) is 0. The van der Waals surface area contributed by atoms with Crippen LogP contribution in [0.25, 0.3) is 11.0 Å². The Morgan fingerprint density at radius 3 is 2.58 bits per heavy atom. The van der Waals surface area contributed by atoms with Gasteiger partial charge in [0.05, 0.1) is 4.92 Å². The number of fused-ring (bicyclic) bond motifs is 1. The van der Waals surface area contributed by atoms with E-state index in [1.54, 1.807) is 20.8 Å². The summed E-state index contributed by atoms with van der Waals surface area (Å²) >= 11 is 0. The van der Waals surface area contributed by atoms with Crippen LogP contribution in [0.4, 0.5) is 5.69 Å². The average Bonchev–Trinajstić information content (AvgIpc) is 2.68. The van der Waals surface area contributed by atoms with Crippen molar-refractivity contribution in [2.24, 2.45) is 0 Å². The molecule has 0 saturated heterocycles. The van der Waals surface area contributed by atoms with Gasteiger partial charge >= 0.3 is 5.97 Å². The van der Waals surface area contributed by atoms with Gasteiger partial charge in [0.15, 0.2) is 0 Å². The monoisotopic (exact) mass is 263 g/mol. The summed E-state index contributed by atoms with van der Waals surface area (Å²) in [6.07, 6.45) is 0. The minimum atomic E-state index is -0.623. The molecule has 0 aliphatic rings. The first-order chi connectivity index (χ1) is 8.76. The molecule has 0 atom stereocenters. The molecule has 0 aliphatic carbocycles. The van der Waals surface area contributed by atoms with E-state index in [0.29, 0.717) is 11.0 Å². The lowest BCUT2D eigenvalue weighted by Crippen LogP contribution is -2.23. The number of benzene rings is 1. The number of nitrogens with zero attached hydrogens (tertiary/aromatic N) is 1. The summed E-state index contributed by atoms with van der Waals surface area (Å²) in [6, 6.07) is 5.58. The Balaban J connectivity index is 2.36. The lowest BCUT2D eigenvalue weighted by atomic mass is 10.2. The molecule has 0 N–H and O–H groups in total. The number of hydrogen-bond acceptors (Lipinski definition) is 5. The maximum Gasteiger partial charge on any atom is 0.374 e. The second-order valence-electron chi connectivity index (χ2n) is 5.09. The number of furan rings is 1. The number of esters is 1. The molecule has 2 rings (SSSR count). The fraction of sp³-hybridized carbons (Fsp3) is 0.308. The first-order valence-corrected chi connectivity index (χ1v) is 5.67. The molecule has 1 aromatic heterocycles. The molecule has 0 bridgehead atoms. The van der Waals surface area contributed by atoms with Crippen molar-refractivity contribution in [3.63, 3.8) is 0 Å². The van der Waals surface area contributed by atoms with Crippen molar-refractivity contribution in [3.8, 4) is 0 Å². The quantitative estimate of drug-likeness (QED) is 0.471. The van der Waals surface area contributed by atoms with Crippen LogP contribution in [0.2, 0.25) is 0 Å². The third-order valence-corrected chi connectivity index (χ3v) is 2.31. The predicted molar refractivity (Wildman–Crippen MR) is 68.0 cm³/mol. The van der Waals surface area contributed by atoms with Gasteiger partial charge < -0.3 is 9.15 Å². The normalized spacial score (nSPS) is 11.5. The molecule has 0 radical (unpaired) electrons.